The fourth-order valence-corrected chi connectivity index (χ4v) is 4.30. The van der Waals surface area contributed by atoms with Gasteiger partial charge in [-0.05, 0) is 30.7 Å². The lowest BCUT2D eigenvalue weighted by molar-refractivity contribution is 0.648. The summed E-state index contributed by atoms with van der Waals surface area (Å²) < 4.78 is 0. The first kappa shape index (κ1) is 19.1. The molecule has 30 heavy (non-hydrogen) atoms. The Balaban J connectivity index is 1.47. The molecule has 9 heteroatoms. The van der Waals surface area contributed by atoms with Crippen molar-refractivity contribution in [1.29, 1.82) is 0 Å². The zero-order valence-corrected chi connectivity index (χ0v) is 17.8. The third kappa shape index (κ3) is 3.34. The van der Waals surface area contributed by atoms with Crippen LogP contribution in [-0.4, -0.2) is 51.3 Å². The second kappa shape index (κ2) is 7.74. The summed E-state index contributed by atoms with van der Waals surface area (Å²) in [7, 11) is 0. The van der Waals surface area contributed by atoms with E-state index in [0.717, 1.165) is 53.7 Å². The van der Waals surface area contributed by atoms with Crippen molar-refractivity contribution < 1.29 is 0 Å². The molecule has 3 aromatic heterocycles. The molecule has 0 radical (unpaired) electrons. The van der Waals surface area contributed by atoms with Gasteiger partial charge in [-0.2, -0.15) is 5.10 Å². The number of hydrogen-bond acceptors (Lipinski definition) is 6. The van der Waals surface area contributed by atoms with Gasteiger partial charge in [0.15, 0.2) is 5.65 Å². The Bertz CT molecular complexity index is 1220. The van der Waals surface area contributed by atoms with Crippen LogP contribution in [0, 0.1) is 6.92 Å². The van der Waals surface area contributed by atoms with Gasteiger partial charge >= 0.3 is 0 Å². The van der Waals surface area contributed by atoms with E-state index < -0.39 is 0 Å². The molecule has 1 aliphatic heterocycles. The molecule has 1 fully saturated rings. The minimum Gasteiger partial charge on any atom is -0.368 e. The number of aromatic nitrogens is 5. The lowest BCUT2D eigenvalue weighted by Gasteiger charge is -2.37. The number of H-pyrrole nitrogens is 1. The topological polar surface area (TPSA) is 73.8 Å². The standard InChI is InChI=1S/C21H19Cl2N7/c1-13-2-3-14(22)10-17(13)29-6-8-30(9-7-29)21-18-19(15-4-5-24-11-16(15)23)27-28-20(18)25-12-26-21/h2-5,10-12H,6-9H2,1H3,(H,25,26,27,28). The van der Waals surface area contributed by atoms with E-state index in [1.807, 2.05) is 18.2 Å². The Morgan fingerprint density at radius 2 is 1.80 bits per heavy atom. The number of benzene rings is 1. The van der Waals surface area contributed by atoms with Gasteiger partial charge in [0.1, 0.15) is 17.8 Å². The van der Waals surface area contributed by atoms with Crippen molar-refractivity contribution in [2.75, 3.05) is 36.0 Å². The molecule has 0 unspecified atom stereocenters. The number of aryl methyl sites for hydroxylation is 1. The number of halogens is 2. The highest BCUT2D eigenvalue weighted by Gasteiger charge is 2.24. The summed E-state index contributed by atoms with van der Waals surface area (Å²) in [4.78, 5) is 17.7. The van der Waals surface area contributed by atoms with Crippen LogP contribution in [0.3, 0.4) is 0 Å². The van der Waals surface area contributed by atoms with E-state index in [9.17, 15) is 0 Å². The molecule has 1 aromatic carbocycles. The van der Waals surface area contributed by atoms with E-state index >= 15 is 0 Å². The molecule has 1 saturated heterocycles. The van der Waals surface area contributed by atoms with Crippen LogP contribution in [0.25, 0.3) is 22.3 Å². The molecule has 152 valence electrons. The molecular weight excluding hydrogens is 421 g/mol. The monoisotopic (exact) mass is 439 g/mol. The summed E-state index contributed by atoms with van der Waals surface area (Å²) in [6, 6.07) is 7.89. The molecule has 0 atom stereocenters. The summed E-state index contributed by atoms with van der Waals surface area (Å²) >= 11 is 12.6. The van der Waals surface area contributed by atoms with Crippen molar-refractivity contribution in [2.24, 2.45) is 0 Å². The van der Waals surface area contributed by atoms with Crippen LogP contribution in [0.4, 0.5) is 11.5 Å². The maximum atomic E-state index is 6.38. The lowest BCUT2D eigenvalue weighted by atomic mass is 10.1. The fourth-order valence-electron chi connectivity index (χ4n) is 3.93. The number of nitrogens with zero attached hydrogens (tertiary/aromatic N) is 6. The zero-order chi connectivity index (χ0) is 20.7. The van der Waals surface area contributed by atoms with E-state index in [1.165, 1.54) is 11.3 Å². The second-order valence-corrected chi connectivity index (χ2v) is 8.10. The third-order valence-corrected chi connectivity index (χ3v) is 5.99. The van der Waals surface area contributed by atoms with Crippen molar-refractivity contribution in [3.63, 3.8) is 0 Å². The number of aromatic amines is 1. The van der Waals surface area contributed by atoms with Crippen molar-refractivity contribution in [3.05, 3.63) is 58.6 Å². The first-order valence-electron chi connectivity index (χ1n) is 9.67. The van der Waals surface area contributed by atoms with Gasteiger partial charge in [-0.15, -0.1) is 0 Å². The average Bonchev–Trinajstić information content (AvgIpc) is 3.20. The van der Waals surface area contributed by atoms with Gasteiger partial charge in [-0.3, -0.25) is 10.1 Å². The molecule has 5 rings (SSSR count). The number of fused-ring (bicyclic) bond motifs is 1. The first-order chi connectivity index (χ1) is 14.6. The smallest absolute Gasteiger partial charge is 0.161 e. The average molecular weight is 440 g/mol. The van der Waals surface area contributed by atoms with Crippen LogP contribution >= 0.6 is 23.2 Å². The number of piperazine rings is 1. The molecule has 0 spiro atoms. The van der Waals surface area contributed by atoms with Crippen LogP contribution < -0.4 is 9.80 Å². The van der Waals surface area contributed by atoms with Crippen molar-refractivity contribution in [2.45, 2.75) is 6.92 Å². The van der Waals surface area contributed by atoms with Gasteiger partial charge in [0.25, 0.3) is 0 Å². The number of anilines is 2. The lowest BCUT2D eigenvalue weighted by Crippen LogP contribution is -2.47. The fraction of sp³-hybridized carbons (Fsp3) is 0.238. The maximum absolute atomic E-state index is 6.38. The summed E-state index contributed by atoms with van der Waals surface area (Å²) in [5.74, 6) is 0.860. The normalized spacial score (nSPS) is 14.5. The predicted octanol–water partition coefficient (Wildman–Crippen LogP) is 4.36. The third-order valence-electron chi connectivity index (χ3n) is 5.46. The molecule has 4 aromatic rings. The Hall–Kier alpha value is -2.90. The number of nitrogens with one attached hydrogen (secondary N) is 1. The highest BCUT2D eigenvalue weighted by atomic mass is 35.5. The van der Waals surface area contributed by atoms with E-state index in [-0.39, 0.29) is 0 Å². The number of rotatable bonds is 3. The van der Waals surface area contributed by atoms with Gasteiger partial charge in [0, 0.05) is 54.8 Å². The summed E-state index contributed by atoms with van der Waals surface area (Å²) in [6.45, 7) is 5.51. The van der Waals surface area contributed by atoms with Gasteiger partial charge in [-0.25, -0.2) is 9.97 Å². The molecule has 0 saturated carbocycles. The molecule has 0 aliphatic carbocycles. The minimum atomic E-state index is 0.543. The molecule has 1 aliphatic rings. The Kier molecular flexibility index (Phi) is 4.92. The summed E-state index contributed by atoms with van der Waals surface area (Å²) in [5.41, 5.74) is 4.64. The van der Waals surface area contributed by atoms with Gasteiger partial charge in [0.2, 0.25) is 0 Å². The van der Waals surface area contributed by atoms with E-state index in [1.54, 1.807) is 18.7 Å². The number of hydrogen-bond donors (Lipinski definition) is 1. The zero-order valence-electron chi connectivity index (χ0n) is 16.3. The van der Waals surface area contributed by atoms with Crippen molar-refractivity contribution in [3.8, 4) is 11.3 Å². The van der Waals surface area contributed by atoms with E-state index in [0.29, 0.717) is 10.7 Å². The minimum absolute atomic E-state index is 0.543. The Labute approximate surface area is 183 Å². The molecule has 1 N–H and O–H groups in total. The van der Waals surface area contributed by atoms with Gasteiger partial charge in [0.05, 0.1) is 10.4 Å². The summed E-state index contributed by atoms with van der Waals surface area (Å²) in [5, 5.41) is 9.66. The van der Waals surface area contributed by atoms with Crippen LogP contribution in [0.5, 0.6) is 0 Å². The quantitative estimate of drug-likeness (QED) is 0.511. The Morgan fingerprint density at radius 1 is 1.00 bits per heavy atom. The molecular formula is C21H19Cl2N7. The maximum Gasteiger partial charge on any atom is 0.161 e. The van der Waals surface area contributed by atoms with E-state index in [4.69, 9.17) is 23.2 Å². The van der Waals surface area contributed by atoms with Crippen LogP contribution in [0.2, 0.25) is 10.0 Å². The van der Waals surface area contributed by atoms with Gasteiger partial charge in [-0.1, -0.05) is 29.3 Å². The van der Waals surface area contributed by atoms with Crippen LogP contribution in [0.15, 0.2) is 43.0 Å². The number of pyridine rings is 1. The second-order valence-electron chi connectivity index (χ2n) is 7.25. The molecule has 7 nitrogen and oxygen atoms in total. The van der Waals surface area contributed by atoms with Crippen molar-refractivity contribution >= 4 is 45.7 Å². The SMILES string of the molecule is Cc1ccc(Cl)cc1N1CCN(c2ncnc3[nH]nc(-c4ccncc4Cl)c23)CC1. The Morgan fingerprint density at radius 3 is 2.60 bits per heavy atom. The largest absolute Gasteiger partial charge is 0.368 e. The van der Waals surface area contributed by atoms with E-state index in [2.05, 4.69) is 47.9 Å². The van der Waals surface area contributed by atoms with Crippen LogP contribution in [-0.2, 0) is 0 Å². The first-order valence-corrected chi connectivity index (χ1v) is 10.4. The molecule has 0 bridgehead atoms. The summed E-state index contributed by atoms with van der Waals surface area (Å²) in [6.07, 6.45) is 4.89. The highest BCUT2D eigenvalue weighted by Crippen LogP contribution is 2.35. The van der Waals surface area contributed by atoms with Crippen LogP contribution in [0.1, 0.15) is 5.56 Å². The van der Waals surface area contributed by atoms with Gasteiger partial charge < -0.3 is 9.80 Å². The predicted molar refractivity (Wildman–Crippen MR) is 121 cm³/mol. The molecule has 0 amide bonds. The molecule has 4 heterocycles. The van der Waals surface area contributed by atoms with Crippen molar-refractivity contribution in [1.82, 2.24) is 25.1 Å². The highest BCUT2D eigenvalue weighted by molar-refractivity contribution is 6.33.